The van der Waals surface area contributed by atoms with Crippen LogP contribution in [0.25, 0.3) is 0 Å². The van der Waals surface area contributed by atoms with Crippen LogP contribution in [0, 0.1) is 5.92 Å². The molecule has 3 N–H and O–H groups in total. The summed E-state index contributed by atoms with van der Waals surface area (Å²) in [5, 5.41) is 3.06. The first kappa shape index (κ1) is 14.4. The fraction of sp³-hybridized carbons (Fsp3) is 0.562. The summed E-state index contributed by atoms with van der Waals surface area (Å²) in [6.07, 6.45) is 3.50. The Balaban J connectivity index is 1.53. The molecule has 0 bridgehead atoms. The van der Waals surface area contributed by atoms with Gasteiger partial charge in [-0.25, -0.2) is 4.79 Å². The van der Waals surface area contributed by atoms with E-state index < -0.39 is 0 Å². The molecular formula is C16H24N4O. The van der Waals surface area contributed by atoms with E-state index in [-0.39, 0.29) is 6.03 Å². The molecule has 2 fully saturated rings. The molecule has 1 aliphatic heterocycles. The van der Waals surface area contributed by atoms with Crippen molar-refractivity contribution in [3.8, 4) is 0 Å². The largest absolute Gasteiger partial charge is 0.328 e. The van der Waals surface area contributed by atoms with E-state index in [9.17, 15) is 4.79 Å². The Labute approximate surface area is 126 Å². The minimum atomic E-state index is -0.0120. The minimum absolute atomic E-state index is 0.0120. The van der Waals surface area contributed by atoms with E-state index in [0.29, 0.717) is 11.8 Å². The Hall–Kier alpha value is -1.59. The fourth-order valence-electron chi connectivity index (χ4n) is 2.76. The first-order valence-corrected chi connectivity index (χ1v) is 7.81. The maximum atomic E-state index is 12.3. The van der Waals surface area contributed by atoms with Gasteiger partial charge in [-0.2, -0.15) is 0 Å². The SMILES string of the molecule is CN(CCC1CNNC1)C(=O)Nc1ccccc1C1CC1. The predicted molar refractivity (Wildman–Crippen MR) is 84.2 cm³/mol. The van der Waals surface area contributed by atoms with Gasteiger partial charge in [0.15, 0.2) is 0 Å². The smallest absolute Gasteiger partial charge is 0.321 e. The molecular weight excluding hydrogens is 264 g/mol. The molecule has 0 unspecified atom stereocenters. The molecule has 114 valence electrons. The van der Waals surface area contributed by atoms with E-state index >= 15 is 0 Å². The number of carbonyl (C=O) groups is 1. The summed E-state index contributed by atoms with van der Waals surface area (Å²) in [4.78, 5) is 14.1. The van der Waals surface area contributed by atoms with Crippen LogP contribution in [-0.4, -0.2) is 37.6 Å². The third-order valence-electron chi connectivity index (χ3n) is 4.35. The number of anilines is 1. The Bertz CT molecular complexity index is 495. The number of hydrogen-bond acceptors (Lipinski definition) is 3. The molecule has 21 heavy (non-hydrogen) atoms. The van der Waals surface area contributed by atoms with Crippen LogP contribution in [0.5, 0.6) is 0 Å². The summed E-state index contributed by atoms with van der Waals surface area (Å²) in [5.41, 5.74) is 8.50. The lowest BCUT2D eigenvalue weighted by Gasteiger charge is -2.20. The summed E-state index contributed by atoms with van der Waals surface area (Å²) in [6.45, 7) is 2.76. The first-order valence-electron chi connectivity index (χ1n) is 7.81. The van der Waals surface area contributed by atoms with Crippen molar-refractivity contribution in [1.29, 1.82) is 0 Å². The van der Waals surface area contributed by atoms with E-state index in [0.717, 1.165) is 31.7 Å². The van der Waals surface area contributed by atoms with Crippen molar-refractivity contribution in [3.05, 3.63) is 29.8 Å². The molecule has 2 aliphatic rings. The van der Waals surface area contributed by atoms with Crippen LogP contribution in [0.4, 0.5) is 10.5 Å². The molecule has 1 aromatic carbocycles. The van der Waals surface area contributed by atoms with Gasteiger partial charge >= 0.3 is 6.03 Å². The number of amides is 2. The summed E-state index contributed by atoms with van der Waals surface area (Å²) in [5.74, 6) is 1.25. The zero-order chi connectivity index (χ0) is 14.7. The second kappa shape index (κ2) is 6.45. The summed E-state index contributed by atoms with van der Waals surface area (Å²) < 4.78 is 0. The van der Waals surface area contributed by atoms with Gasteiger partial charge in [-0.3, -0.25) is 10.9 Å². The first-order chi connectivity index (χ1) is 10.2. The molecule has 1 aliphatic carbocycles. The van der Waals surface area contributed by atoms with Gasteiger partial charge in [0, 0.05) is 32.4 Å². The van der Waals surface area contributed by atoms with E-state index in [1.165, 1.54) is 18.4 Å². The third-order valence-corrected chi connectivity index (χ3v) is 4.35. The Morgan fingerprint density at radius 2 is 2.00 bits per heavy atom. The molecule has 5 heteroatoms. The van der Waals surface area contributed by atoms with Crippen LogP contribution in [0.15, 0.2) is 24.3 Å². The highest BCUT2D eigenvalue weighted by molar-refractivity contribution is 5.90. The van der Waals surface area contributed by atoms with Gasteiger partial charge in [0.2, 0.25) is 0 Å². The van der Waals surface area contributed by atoms with Crippen LogP contribution < -0.4 is 16.2 Å². The molecule has 0 atom stereocenters. The third kappa shape index (κ3) is 3.74. The number of hydrazine groups is 1. The minimum Gasteiger partial charge on any atom is -0.328 e. The molecule has 0 spiro atoms. The highest BCUT2D eigenvalue weighted by Crippen LogP contribution is 2.43. The number of para-hydroxylation sites is 1. The second-order valence-electron chi connectivity index (χ2n) is 6.13. The predicted octanol–water partition coefficient (Wildman–Crippen LogP) is 2.14. The number of nitrogens with one attached hydrogen (secondary N) is 3. The lowest BCUT2D eigenvalue weighted by atomic mass is 10.1. The standard InChI is InChI=1S/C16H24N4O/c1-20(9-8-12-10-17-18-11-12)16(21)19-15-5-3-2-4-14(15)13-6-7-13/h2-5,12-13,17-18H,6-11H2,1H3,(H,19,21). The average Bonchev–Trinajstić information content (AvgIpc) is 3.21. The number of benzene rings is 1. The van der Waals surface area contributed by atoms with Crippen LogP contribution in [0.1, 0.15) is 30.7 Å². The maximum absolute atomic E-state index is 12.3. The number of rotatable bonds is 5. The van der Waals surface area contributed by atoms with E-state index in [1.54, 1.807) is 4.90 Å². The molecule has 1 aromatic rings. The lowest BCUT2D eigenvalue weighted by Crippen LogP contribution is -2.33. The highest BCUT2D eigenvalue weighted by Gasteiger charge is 2.26. The molecule has 5 nitrogen and oxygen atoms in total. The average molecular weight is 288 g/mol. The molecule has 0 aromatic heterocycles. The summed E-state index contributed by atoms with van der Waals surface area (Å²) >= 11 is 0. The number of nitrogens with zero attached hydrogens (tertiary/aromatic N) is 1. The molecule has 0 radical (unpaired) electrons. The summed E-state index contributed by atoms with van der Waals surface area (Å²) in [6, 6.07) is 8.15. The summed E-state index contributed by atoms with van der Waals surface area (Å²) in [7, 11) is 1.87. The van der Waals surface area contributed by atoms with Gasteiger partial charge in [0.05, 0.1) is 0 Å². The molecule has 1 saturated heterocycles. The van der Waals surface area contributed by atoms with Gasteiger partial charge in [-0.15, -0.1) is 0 Å². The zero-order valence-electron chi connectivity index (χ0n) is 12.6. The normalized spacial score (nSPS) is 18.7. The van der Waals surface area contributed by atoms with E-state index in [2.05, 4.69) is 22.2 Å². The van der Waals surface area contributed by atoms with Gasteiger partial charge in [-0.1, -0.05) is 18.2 Å². The molecule has 2 amide bonds. The van der Waals surface area contributed by atoms with Crippen LogP contribution >= 0.6 is 0 Å². The number of hydrogen-bond donors (Lipinski definition) is 3. The van der Waals surface area contributed by atoms with Crippen LogP contribution in [0.2, 0.25) is 0 Å². The lowest BCUT2D eigenvalue weighted by molar-refractivity contribution is 0.219. The van der Waals surface area contributed by atoms with Gasteiger partial charge in [0.1, 0.15) is 0 Å². The van der Waals surface area contributed by atoms with Crippen molar-refractivity contribution in [2.45, 2.75) is 25.2 Å². The van der Waals surface area contributed by atoms with Gasteiger partial charge in [-0.05, 0) is 42.7 Å². The highest BCUT2D eigenvalue weighted by atomic mass is 16.2. The fourth-order valence-corrected chi connectivity index (χ4v) is 2.76. The second-order valence-corrected chi connectivity index (χ2v) is 6.13. The Kier molecular flexibility index (Phi) is 4.41. The number of carbonyl (C=O) groups excluding carboxylic acids is 1. The van der Waals surface area contributed by atoms with Crippen molar-refractivity contribution >= 4 is 11.7 Å². The number of urea groups is 1. The van der Waals surface area contributed by atoms with Gasteiger partial charge < -0.3 is 10.2 Å². The van der Waals surface area contributed by atoms with Crippen LogP contribution in [0.3, 0.4) is 0 Å². The topological polar surface area (TPSA) is 56.4 Å². The van der Waals surface area contributed by atoms with Crippen molar-refractivity contribution in [2.24, 2.45) is 5.92 Å². The monoisotopic (exact) mass is 288 g/mol. The van der Waals surface area contributed by atoms with Crippen molar-refractivity contribution in [2.75, 3.05) is 32.0 Å². The Morgan fingerprint density at radius 1 is 1.29 bits per heavy atom. The molecule has 1 heterocycles. The van der Waals surface area contributed by atoms with E-state index in [4.69, 9.17) is 0 Å². The quantitative estimate of drug-likeness (QED) is 0.778. The van der Waals surface area contributed by atoms with Crippen molar-refractivity contribution < 1.29 is 4.79 Å². The van der Waals surface area contributed by atoms with Crippen molar-refractivity contribution in [1.82, 2.24) is 15.8 Å². The van der Waals surface area contributed by atoms with Crippen LogP contribution in [-0.2, 0) is 0 Å². The van der Waals surface area contributed by atoms with Crippen molar-refractivity contribution in [3.63, 3.8) is 0 Å². The molecule has 3 rings (SSSR count). The van der Waals surface area contributed by atoms with Gasteiger partial charge in [0.25, 0.3) is 0 Å². The Morgan fingerprint density at radius 3 is 2.71 bits per heavy atom. The maximum Gasteiger partial charge on any atom is 0.321 e. The van der Waals surface area contributed by atoms with E-state index in [1.807, 2.05) is 25.2 Å². The zero-order valence-corrected chi connectivity index (χ0v) is 12.6. The molecule has 1 saturated carbocycles.